The molecule has 4 heteroatoms. The first kappa shape index (κ1) is 16.0. The minimum Gasteiger partial charge on any atom is -0.338 e. The van der Waals surface area contributed by atoms with Crippen LogP contribution in [0.1, 0.15) is 43.7 Å². The van der Waals surface area contributed by atoms with Crippen molar-refractivity contribution >= 4 is 5.91 Å². The fourth-order valence-corrected chi connectivity index (χ4v) is 4.16. The van der Waals surface area contributed by atoms with Gasteiger partial charge in [0.05, 0.1) is 18.1 Å². The van der Waals surface area contributed by atoms with E-state index in [0.717, 1.165) is 31.5 Å². The lowest BCUT2D eigenvalue weighted by molar-refractivity contribution is -0.132. The second-order valence-electron chi connectivity index (χ2n) is 6.62. The molecule has 1 aromatic rings. The molecule has 0 aliphatic carbocycles. The number of hydrogen-bond donors (Lipinski definition) is 0. The third-order valence-corrected chi connectivity index (χ3v) is 5.32. The van der Waals surface area contributed by atoms with E-state index in [-0.39, 0.29) is 5.91 Å². The van der Waals surface area contributed by atoms with Crippen molar-refractivity contribution in [2.24, 2.45) is 0 Å². The average molecular weight is 311 g/mol. The van der Waals surface area contributed by atoms with Crippen molar-refractivity contribution < 1.29 is 4.79 Å². The van der Waals surface area contributed by atoms with Crippen LogP contribution in [0.15, 0.2) is 24.3 Å². The van der Waals surface area contributed by atoms with E-state index in [0.29, 0.717) is 24.1 Å². The monoisotopic (exact) mass is 311 g/mol. The third kappa shape index (κ3) is 3.40. The summed E-state index contributed by atoms with van der Waals surface area (Å²) in [4.78, 5) is 17.4. The van der Waals surface area contributed by atoms with Crippen molar-refractivity contribution in [3.05, 3.63) is 35.4 Å². The summed E-state index contributed by atoms with van der Waals surface area (Å²) >= 11 is 0. The van der Waals surface area contributed by atoms with Crippen molar-refractivity contribution in [3.63, 3.8) is 0 Å². The maximum atomic E-state index is 12.8. The highest BCUT2D eigenvalue weighted by atomic mass is 16.2. The Kier molecular flexibility index (Phi) is 4.97. The van der Waals surface area contributed by atoms with E-state index < -0.39 is 0 Å². The van der Waals surface area contributed by atoms with Gasteiger partial charge in [0, 0.05) is 18.6 Å². The Balaban J connectivity index is 1.67. The summed E-state index contributed by atoms with van der Waals surface area (Å²) in [7, 11) is 0. The zero-order valence-corrected chi connectivity index (χ0v) is 13.9. The smallest absolute Gasteiger partial charge is 0.227 e. The predicted octanol–water partition coefficient (Wildman–Crippen LogP) is 2.58. The van der Waals surface area contributed by atoms with Crippen LogP contribution in [-0.4, -0.2) is 47.4 Å². The number of nitriles is 1. The maximum Gasteiger partial charge on any atom is 0.227 e. The van der Waals surface area contributed by atoms with Crippen LogP contribution < -0.4 is 0 Å². The topological polar surface area (TPSA) is 47.3 Å². The Morgan fingerprint density at radius 1 is 1.17 bits per heavy atom. The summed E-state index contributed by atoms with van der Waals surface area (Å²) in [5, 5.41) is 8.86. The van der Waals surface area contributed by atoms with Gasteiger partial charge in [0.25, 0.3) is 0 Å². The highest BCUT2D eigenvalue weighted by molar-refractivity contribution is 5.79. The second-order valence-corrected chi connectivity index (χ2v) is 6.62. The standard InChI is InChI=1S/C19H25N3O/c1-2-21-11-3-5-17(21)18-6-4-12-22(18)19(23)13-15-7-9-16(14-20)10-8-15/h7-10,17-18H,2-6,11-13H2,1H3/t17-,18+/m1/s1. The quantitative estimate of drug-likeness (QED) is 0.858. The molecule has 1 amide bonds. The van der Waals surface area contributed by atoms with Crippen LogP contribution in [0.3, 0.4) is 0 Å². The molecule has 4 nitrogen and oxygen atoms in total. The zero-order chi connectivity index (χ0) is 16.2. The van der Waals surface area contributed by atoms with Gasteiger partial charge in [0.2, 0.25) is 5.91 Å². The molecule has 23 heavy (non-hydrogen) atoms. The van der Waals surface area contributed by atoms with E-state index in [4.69, 9.17) is 5.26 Å². The van der Waals surface area contributed by atoms with Crippen LogP contribution in [0.4, 0.5) is 0 Å². The maximum absolute atomic E-state index is 12.8. The predicted molar refractivity (Wildman–Crippen MR) is 89.9 cm³/mol. The summed E-state index contributed by atoms with van der Waals surface area (Å²) in [6.07, 6.45) is 5.19. The molecule has 0 spiro atoms. The number of hydrogen-bond acceptors (Lipinski definition) is 3. The lowest BCUT2D eigenvalue weighted by Gasteiger charge is -2.34. The van der Waals surface area contributed by atoms with Crippen LogP contribution in [0.2, 0.25) is 0 Å². The largest absolute Gasteiger partial charge is 0.338 e. The van der Waals surface area contributed by atoms with E-state index in [1.807, 2.05) is 12.1 Å². The molecule has 2 aliphatic heterocycles. The number of rotatable bonds is 4. The summed E-state index contributed by atoms with van der Waals surface area (Å²) in [5.74, 6) is 0.236. The van der Waals surface area contributed by atoms with Crippen LogP contribution in [-0.2, 0) is 11.2 Å². The van der Waals surface area contributed by atoms with Gasteiger partial charge in [-0.25, -0.2) is 0 Å². The molecular formula is C19H25N3O. The minimum absolute atomic E-state index is 0.236. The molecule has 0 N–H and O–H groups in total. The SMILES string of the molecule is CCN1CCC[C@@H]1[C@@H]1CCCN1C(=O)Cc1ccc(C#N)cc1. The van der Waals surface area contributed by atoms with E-state index in [9.17, 15) is 4.79 Å². The molecular weight excluding hydrogens is 286 g/mol. The summed E-state index contributed by atoms with van der Waals surface area (Å²) in [6.45, 7) is 5.37. The first-order valence-corrected chi connectivity index (χ1v) is 8.75. The average Bonchev–Trinajstić information content (AvgIpc) is 3.23. The van der Waals surface area contributed by atoms with Crippen LogP contribution in [0, 0.1) is 11.3 Å². The number of likely N-dealkylation sites (N-methyl/N-ethyl adjacent to an activating group) is 1. The van der Waals surface area contributed by atoms with Gasteiger partial charge < -0.3 is 4.90 Å². The molecule has 122 valence electrons. The Bertz CT molecular complexity index is 590. The van der Waals surface area contributed by atoms with E-state index in [1.54, 1.807) is 12.1 Å². The fourth-order valence-electron chi connectivity index (χ4n) is 4.16. The molecule has 2 heterocycles. The van der Waals surface area contributed by atoms with Crippen LogP contribution in [0.25, 0.3) is 0 Å². The Labute approximate surface area is 138 Å². The van der Waals surface area contributed by atoms with Gasteiger partial charge in [-0.05, 0) is 56.5 Å². The van der Waals surface area contributed by atoms with E-state index >= 15 is 0 Å². The van der Waals surface area contributed by atoms with E-state index in [1.165, 1.54) is 19.4 Å². The number of carbonyl (C=O) groups excluding carboxylic acids is 1. The molecule has 2 atom stereocenters. The highest BCUT2D eigenvalue weighted by Gasteiger charge is 2.38. The molecule has 0 saturated carbocycles. The van der Waals surface area contributed by atoms with Gasteiger partial charge in [0.1, 0.15) is 0 Å². The first-order valence-electron chi connectivity index (χ1n) is 8.75. The number of carbonyl (C=O) groups is 1. The van der Waals surface area contributed by atoms with Crippen LogP contribution >= 0.6 is 0 Å². The molecule has 1 aromatic carbocycles. The van der Waals surface area contributed by atoms with Crippen molar-refractivity contribution in [2.75, 3.05) is 19.6 Å². The van der Waals surface area contributed by atoms with Gasteiger partial charge >= 0.3 is 0 Å². The Hall–Kier alpha value is -1.86. The number of benzene rings is 1. The van der Waals surface area contributed by atoms with Crippen LogP contribution in [0.5, 0.6) is 0 Å². The van der Waals surface area contributed by atoms with Gasteiger partial charge in [-0.3, -0.25) is 9.69 Å². The van der Waals surface area contributed by atoms with Gasteiger partial charge in [-0.1, -0.05) is 19.1 Å². The van der Waals surface area contributed by atoms with Gasteiger partial charge in [-0.2, -0.15) is 5.26 Å². The summed E-state index contributed by atoms with van der Waals surface area (Å²) in [6, 6.07) is 10.4. The Morgan fingerprint density at radius 3 is 2.57 bits per heavy atom. The molecule has 0 bridgehead atoms. The molecule has 0 unspecified atom stereocenters. The zero-order valence-electron chi connectivity index (χ0n) is 13.9. The molecule has 2 aliphatic rings. The van der Waals surface area contributed by atoms with Crippen molar-refractivity contribution in [2.45, 2.75) is 51.1 Å². The van der Waals surface area contributed by atoms with E-state index in [2.05, 4.69) is 22.8 Å². The number of amides is 1. The molecule has 0 radical (unpaired) electrons. The third-order valence-electron chi connectivity index (χ3n) is 5.32. The molecule has 3 rings (SSSR count). The molecule has 2 saturated heterocycles. The summed E-state index contributed by atoms with van der Waals surface area (Å²) in [5.41, 5.74) is 1.64. The lowest BCUT2D eigenvalue weighted by atomic mass is 10.0. The van der Waals surface area contributed by atoms with Crippen molar-refractivity contribution in [1.82, 2.24) is 9.80 Å². The normalized spacial score (nSPS) is 24.8. The molecule has 2 fully saturated rings. The van der Waals surface area contributed by atoms with Gasteiger partial charge in [0.15, 0.2) is 0 Å². The second kappa shape index (κ2) is 7.14. The molecule has 0 aromatic heterocycles. The summed E-state index contributed by atoms with van der Waals surface area (Å²) < 4.78 is 0. The minimum atomic E-state index is 0.236. The Morgan fingerprint density at radius 2 is 1.87 bits per heavy atom. The fraction of sp³-hybridized carbons (Fsp3) is 0.579. The number of nitrogens with zero attached hydrogens (tertiary/aromatic N) is 3. The van der Waals surface area contributed by atoms with Crippen molar-refractivity contribution in [3.8, 4) is 6.07 Å². The number of likely N-dealkylation sites (tertiary alicyclic amines) is 2. The first-order chi connectivity index (χ1) is 11.2. The highest BCUT2D eigenvalue weighted by Crippen LogP contribution is 2.30. The van der Waals surface area contributed by atoms with Gasteiger partial charge in [-0.15, -0.1) is 0 Å². The van der Waals surface area contributed by atoms with Crippen molar-refractivity contribution in [1.29, 1.82) is 5.26 Å². The lowest BCUT2D eigenvalue weighted by Crippen LogP contribution is -2.48.